The molecule has 7 rings (SSSR count). The molecule has 10 heteroatoms. The molecule has 4 aromatic carbocycles. The van der Waals surface area contributed by atoms with Crippen LogP contribution in [0.5, 0.6) is 28.7 Å². The Morgan fingerprint density at radius 2 is 1.55 bits per heavy atom. The van der Waals surface area contributed by atoms with Gasteiger partial charge < -0.3 is 28.5 Å². The number of hydrogen-bond donors (Lipinski definition) is 1. The molecule has 8 nitrogen and oxygen atoms in total. The largest absolute Gasteiger partial charge is 0.564 e. The summed E-state index contributed by atoms with van der Waals surface area (Å²) >= 11 is 3.72. The molecular formula is C32H28BrN2O6P. The number of para-hydroxylation sites is 2. The molecule has 1 fully saturated rings. The maximum absolute atomic E-state index is 14.6. The predicted octanol–water partition coefficient (Wildman–Crippen LogP) is 8.06. The van der Waals surface area contributed by atoms with E-state index < -0.39 is 7.75 Å². The minimum atomic E-state index is -4.12. The Hall–Kier alpha value is -3.94. The number of nitrogens with zero attached hydrogens (tertiary/aromatic N) is 2. The van der Waals surface area contributed by atoms with Crippen LogP contribution >= 0.6 is 23.7 Å². The Labute approximate surface area is 252 Å². The average Bonchev–Trinajstić information content (AvgIpc) is 3.72. The lowest BCUT2D eigenvalue weighted by atomic mass is 9.88. The third kappa shape index (κ3) is 5.59. The molecule has 3 aliphatic rings. The number of phenols is 1. The van der Waals surface area contributed by atoms with Crippen molar-refractivity contribution in [1.29, 1.82) is 0 Å². The van der Waals surface area contributed by atoms with E-state index in [9.17, 15) is 9.67 Å². The molecule has 0 bridgehead atoms. The van der Waals surface area contributed by atoms with Crippen LogP contribution in [0, 0.1) is 5.92 Å². The highest BCUT2D eigenvalue weighted by molar-refractivity contribution is 9.10. The Balaban J connectivity index is 1.35. The van der Waals surface area contributed by atoms with Gasteiger partial charge in [0.25, 0.3) is 0 Å². The maximum Gasteiger partial charge on any atom is 0.564 e. The van der Waals surface area contributed by atoms with Crippen LogP contribution in [-0.4, -0.2) is 22.6 Å². The van der Waals surface area contributed by atoms with Crippen LogP contribution in [0.1, 0.15) is 35.6 Å². The highest BCUT2D eigenvalue weighted by Crippen LogP contribution is 2.54. The Kier molecular flexibility index (Phi) is 7.08. The van der Waals surface area contributed by atoms with Crippen LogP contribution in [0.25, 0.3) is 0 Å². The van der Waals surface area contributed by atoms with Gasteiger partial charge >= 0.3 is 7.75 Å². The Morgan fingerprint density at radius 3 is 2.19 bits per heavy atom. The third-order valence-electron chi connectivity index (χ3n) is 7.58. The number of hydrogen-bond acceptors (Lipinski definition) is 6. The molecule has 42 heavy (non-hydrogen) atoms. The van der Waals surface area contributed by atoms with Crippen LogP contribution in [0.2, 0.25) is 0 Å². The number of halogens is 1. The summed E-state index contributed by atoms with van der Waals surface area (Å²) < 4.78 is 43.6. The lowest BCUT2D eigenvalue weighted by Crippen LogP contribution is -2.41. The fourth-order valence-electron chi connectivity index (χ4n) is 5.52. The van der Waals surface area contributed by atoms with Crippen molar-refractivity contribution < 1.29 is 28.2 Å². The van der Waals surface area contributed by atoms with Crippen molar-refractivity contribution in [1.82, 2.24) is 4.90 Å². The lowest BCUT2D eigenvalue weighted by Gasteiger charge is -2.40. The second-order valence-corrected chi connectivity index (χ2v) is 12.9. The topological polar surface area (TPSA) is 89.8 Å². The zero-order chi connectivity index (χ0) is 28.7. The standard InChI is InChI=1S/C32H28BrN2O6P/c33-28-18-30-29(38-20-39-30)15-23(28)19-35-31(16-22-13-14-24(36)17-27(22)32(35)21-11-12-21)34-42(37,40-25-7-3-1-4-8-25)41-26-9-5-2-6-10-26/h1-10,13-15,17-18,21,32,36H,11-12,16,19-20H2/b34-31-. The fourth-order valence-corrected chi connectivity index (χ4v) is 7.33. The van der Waals surface area contributed by atoms with Crippen molar-refractivity contribution in [2.45, 2.75) is 31.8 Å². The summed E-state index contributed by atoms with van der Waals surface area (Å²) in [4.78, 5) is 2.18. The molecule has 0 radical (unpaired) electrons. The van der Waals surface area contributed by atoms with Crippen LogP contribution in [0.4, 0.5) is 0 Å². The second kappa shape index (κ2) is 11.0. The summed E-state index contributed by atoms with van der Waals surface area (Å²) in [6, 6.07) is 27.1. The van der Waals surface area contributed by atoms with E-state index in [2.05, 4.69) is 20.8 Å². The molecule has 2 aliphatic heterocycles. The molecule has 1 aliphatic carbocycles. The highest BCUT2D eigenvalue weighted by Gasteiger charge is 2.43. The monoisotopic (exact) mass is 646 g/mol. The van der Waals surface area contributed by atoms with E-state index in [1.54, 1.807) is 30.3 Å². The van der Waals surface area contributed by atoms with Gasteiger partial charge in [-0.2, -0.15) is 0 Å². The van der Waals surface area contributed by atoms with E-state index in [-0.39, 0.29) is 18.6 Å². The number of benzene rings is 4. The van der Waals surface area contributed by atoms with Gasteiger partial charge in [0.15, 0.2) is 11.5 Å². The molecule has 0 spiro atoms. The molecule has 4 aromatic rings. The van der Waals surface area contributed by atoms with Crippen molar-refractivity contribution in [2.24, 2.45) is 10.7 Å². The smallest absolute Gasteiger partial charge is 0.508 e. The Morgan fingerprint density at radius 1 is 0.905 bits per heavy atom. The Bertz CT molecular complexity index is 1650. The zero-order valence-corrected chi connectivity index (χ0v) is 25.0. The van der Waals surface area contributed by atoms with Gasteiger partial charge in [-0.05, 0) is 84.0 Å². The first kappa shape index (κ1) is 26.9. The van der Waals surface area contributed by atoms with Gasteiger partial charge in [-0.3, -0.25) is 0 Å². The minimum Gasteiger partial charge on any atom is -0.508 e. The highest BCUT2D eigenvalue weighted by atomic mass is 79.9. The van der Waals surface area contributed by atoms with Crippen LogP contribution in [0.15, 0.2) is 100 Å². The van der Waals surface area contributed by atoms with Gasteiger partial charge in [0, 0.05) is 17.4 Å². The first-order chi connectivity index (χ1) is 20.4. The van der Waals surface area contributed by atoms with Gasteiger partial charge in [-0.15, -0.1) is 4.76 Å². The molecule has 1 N–H and O–H groups in total. The number of phenolic OH excluding ortho intramolecular Hbond substituents is 1. The van der Waals surface area contributed by atoms with Gasteiger partial charge in [-0.1, -0.05) is 58.4 Å². The summed E-state index contributed by atoms with van der Waals surface area (Å²) in [5, 5.41) is 10.4. The molecule has 1 atom stereocenters. The normalized spacial score (nSPS) is 18.5. The molecule has 0 saturated heterocycles. The summed E-state index contributed by atoms with van der Waals surface area (Å²) in [6.07, 6.45) is 2.48. The van der Waals surface area contributed by atoms with Crippen molar-refractivity contribution in [3.8, 4) is 28.7 Å². The van der Waals surface area contributed by atoms with E-state index in [0.29, 0.717) is 47.7 Å². The summed E-state index contributed by atoms with van der Waals surface area (Å²) in [5.41, 5.74) is 3.04. The molecule has 1 unspecified atom stereocenters. The number of aromatic hydroxyl groups is 1. The van der Waals surface area contributed by atoms with Gasteiger partial charge in [-0.25, -0.2) is 4.57 Å². The molecule has 2 heterocycles. The molecule has 0 aromatic heterocycles. The number of rotatable bonds is 8. The number of fused-ring (bicyclic) bond motifs is 2. The fraction of sp³-hybridized carbons (Fsp3) is 0.219. The van der Waals surface area contributed by atoms with Crippen molar-refractivity contribution >= 4 is 29.5 Å². The molecule has 214 valence electrons. The van der Waals surface area contributed by atoms with Gasteiger partial charge in [0.2, 0.25) is 6.79 Å². The quantitative estimate of drug-likeness (QED) is 0.194. The van der Waals surface area contributed by atoms with E-state index in [0.717, 1.165) is 34.0 Å². The average molecular weight is 647 g/mol. The summed E-state index contributed by atoms with van der Waals surface area (Å²) in [6.45, 7) is 0.624. The first-order valence-corrected chi connectivity index (χ1v) is 16.1. The molecule has 1 saturated carbocycles. The molecular weight excluding hydrogens is 619 g/mol. The SMILES string of the molecule is O=P(/N=C1/Cc2ccc(O)cc2C(C2CC2)N1Cc1cc2c(cc1Br)OCO2)(Oc1ccccc1)Oc1ccccc1. The zero-order valence-electron chi connectivity index (χ0n) is 22.6. The summed E-state index contributed by atoms with van der Waals surface area (Å²) in [7, 11) is -4.12. The maximum atomic E-state index is 14.6. The third-order valence-corrected chi connectivity index (χ3v) is 9.68. The van der Waals surface area contributed by atoms with Crippen molar-refractivity contribution in [2.75, 3.05) is 6.79 Å². The number of amidine groups is 1. The van der Waals surface area contributed by atoms with Crippen LogP contribution in [-0.2, 0) is 17.5 Å². The van der Waals surface area contributed by atoms with Crippen molar-refractivity contribution in [3.63, 3.8) is 0 Å². The van der Waals surface area contributed by atoms with E-state index in [4.69, 9.17) is 23.3 Å². The second-order valence-electron chi connectivity index (χ2n) is 10.6. The van der Waals surface area contributed by atoms with E-state index in [1.165, 1.54) is 0 Å². The van der Waals surface area contributed by atoms with E-state index >= 15 is 0 Å². The summed E-state index contributed by atoms with van der Waals surface area (Å²) in [5.74, 6) is 3.31. The van der Waals surface area contributed by atoms with Crippen molar-refractivity contribution in [3.05, 3.63) is 112 Å². The van der Waals surface area contributed by atoms with Crippen LogP contribution in [0.3, 0.4) is 0 Å². The predicted molar refractivity (Wildman–Crippen MR) is 162 cm³/mol. The van der Waals surface area contributed by atoms with Gasteiger partial charge in [0.05, 0.1) is 6.04 Å². The van der Waals surface area contributed by atoms with Crippen LogP contribution < -0.4 is 18.5 Å². The molecule has 0 amide bonds. The van der Waals surface area contributed by atoms with E-state index in [1.807, 2.05) is 60.7 Å². The first-order valence-electron chi connectivity index (χ1n) is 13.8. The lowest BCUT2D eigenvalue weighted by molar-refractivity contribution is 0.174. The van der Waals surface area contributed by atoms with Gasteiger partial charge in [0.1, 0.15) is 23.1 Å². The number of ether oxygens (including phenoxy) is 2. The minimum absolute atomic E-state index is 0.0844.